The minimum atomic E-state index is -0.125. The summed E-state index contributed by atoms with van der Waals surface area (Å²) in [7, 11) is 1.42. The Balaban J connectivity index is 2.17. The highest BCUT2D eigenvalue weighted by atomic mass is 32.2. The van der Waals surface area contributed by atoms with Crippen LogP contribution in [0.5, 0.6) is 0 Å². The summed E-state index contributed by atoms with van der Waals surface area (Å²) < 4.78 is 4.52. The molecule has 0 saturated carbocycles. The summed E-state index contributed by atoms with van der Waals surface area (Å²) >= 11 is 1.82. The highest BCUT2D eigenvalue weighted by molar-refractivity contribution is 7.99. The zero-order valence-electron chi connectivity index (χ0n) is 5.92. The van der Waals surface area contributed by atoms with Crippen LogP contribution in [0.4, 0.5) is 0 Å². The first-order valence-electron chi connectivity index (χ1n) is 3.21. The van der Waals surface area contributed by atoms with E-state index in [2.05, 4.69) is 10.1 Å². The third-order valence-electron chi connectivity index (χ3n) is 1.43. The molecule has 0 unspecified atom stereocenters. The molecule has 0 aromatic rings. The molecule has 10 heavy (non-hydrogen) atoms. The first-order chi connectivity index (χ1) is 4.83. The Labute approximate surface area is 64.5 Å². The van der Waals surface area contributed by atoms with Gasteiger partial charge in [-0.2, -0.15) is 0 Å². The first kappa shape index (κ1) is 7.88. The number of nitrogens with one attached hydrogen (secondary N) is 1. The molecule has 1 atom stereocenters. The number of ether oxygens (including phenoxy) is 1. The molecule has 0 amide bonds. The van der Waals surface area contributed by atoms with Crippen LogP contribution in [0.3, 0.4) is 0 Å². The second-order valence-electron chi connectivity index (χ2n) is 2.20. The monoisotopic (exact) mass is 161 g/mol. The highest BCUT2D eigenvalue weighted by Crippen LogP contribution is 2.12. The normalized spacial score (nSPS) is 24.7. The molecule has 1 aliphatic rings. The molecule has 1 aliphatic heterocycles. The van der Waals surface area contributed by atoms with E-state index in [9.17, 15) is 4.79 Å². The van der Waals surface area contributed by atoms with Gasteiger partial charge in [0, 0.05) is 17.7 Å². The molecule has 0 radical (unpaired) electrons. The van der Waals surface area contributed by atoms with Crippen molar-refractivity contribution < 1.29 is 9.53 Å². The molecular weight excluding hydrogens is 150 g/mol. The van der Waals surface area contributed by atoms with Crippen LogP contribution in [0.15, 0.2) is 0 Å². The van der Waals surface area contributed by atoms with E-state index in [1.54, 1.807) is 0 Å². The van der Waals surface area contributed by atoms with E-state index in [-0.39, 0.29) is 5.97 Å². The average molecular weight is 161 g/mol. The average Bonchev–Trinajstić information content (AvgIpc) is 2.40. The van der Waals surface area contributed by atoms with E-state index in [0.29, 0.717) is 12.5 Å². The quantitative estimate of drug-likeness (QED) is 0.588. The molecule has 0 aliphatic carbocycles. The van der Waals surface area contributed by atoms with E-state index < -0.39 is 0 Å². The van der Waals surface area contributed by atoms with Crippen molar-refractivity contribution in [1.82, 2.24) is 5.32 Å². The summed E-state index contributed by atoms with van der Waals surface area (Å²) in [5, 5.41) is 3.18. The van der Waals surface area contributed by atoms with Gasteiger partial charge in [-0.25, -0.2) is 0 Å². The molecular formula is C6H11NO2S. The molecule has 1 fully saturated rings. The lowest BCUT2D eigenvalue weighted by molar-refractivity contribution is -0.141. The van der Waals surface area contributed by atoms with Gasteiger partial charge in [0.1, 0.15) is 0 Å². The molecule has 58 valence electrons. The van der Waals surface area contributed by atoms with Crippen molar-refractivity contribution in [3.63, 3.8) is 0 Å². The van der Waals surface area contributed by atoms with Crippen LogP contribution in [0.2, 0.25) is 0 Å². The van der Waals surface area contributed by atoms with Gasteiger partial charge in [-0.3, -0.25) is 4.79 Å². The van der Waals surface area contributed by atoms with Gasteiger partial charge in [-0.15, -0.1) is 11.8 Å². The summed E-state index contributed by atoms with van der Waals surface area (Å²) in [6.45, 7) is 0. The Morgan fingerprint density at radius 3 is 3.20 bits per heavy atom. The SMILES string of the molecule is COC(=O)C[C@H]1CSCN1. The van der Waals surface area contributed by atoms with Gasteiger partial charge in [0.15, 0.2) is 0 Å². The Kier molecular flexibility index (Phi) is 3.02. The molecule has 0 aromatic carbocycles. The number of hydrogen-bond acceptors (Lipinski definition) is 4. The van der Waals surface area contributed by atoms with Crippen LogP contribution in [-0.4, -0.2) is 30.8 Å². The van der Waals surface area contributed by atoms with Crippen LogP contribution in [-0.2, 0) is 9.53 Å². The standard InChI is InChI=1S/C6H11NO2S/c1-9-6(8)2-5-3-10-4-7-5/h5,7H,2-4H2,1H3/t5-/m0/s1. The molecule has 1 rings (SSSR count). The van der Waals surface area contributed by atoms with Crippen molar-refractivity contribution >= 4 is 17.7 Å². The maximum Gasteiger partial charge on any atom is 0.307 e. The molecule has 0 spiro atoms. The maximum absolute atomic E-state index is 10.7. The van der Waals surface area contributed by atoms with Gasteiger partial charge in [0.25, 0.3) is 0 Å². The lowest BCUT2D eigenvalue weighted by Crippen LogP contribution is -2.27. The van der Waals surface area contributed by atoms with Gasteiger partial charge in [-0.05, 0) is 0 Å². The van der Waals surface area contributed by atoms with Gasteiger partial charge in [0.2, 0.25) is 0 Å². The fourth-order valence-electron chi connectivity index (χ4n) is 0.852. The third-order valence-corrected chi connectivity index (χ3v) is 2.44. The van der Waals surface area contributed by atoms with E-state index >= 15 is 0 Å². The maximum atomic E-state index is 10.7. The lowest BCUT2D eigenvalue weighted by Gasteiger charge is -2.05. The van der Waals surface area contributed by atoms with Crippen molar-refractivity contribution in [2.24, 2.45) is 0 Å². The van der Waals surface area contributed by atoms with Gasteiger partial charge < -0.3 is 10.1 Å². The fourth-order valence-corrected chi connectivity index (χ4v) is 1.84. The van der Waals surface area contributed by atoms with Crippen LogP contribution in [0.1, 0.15) is 6.42 Å². The Hall–Kier alpha value is -0.220. The van der Waals surface area contributed by atoms with Crippen molar-refractivity contribution in [3.05, 3.63) is 0 Å². The Bertz CT molecular complexity index is 123. The Morgan fingerprint density at radius 2 is 2.70 bits per heavy atom. The van der Waals surface area contributed by atoms with E-state index in [1.165, 1.54) is 7.11 Å². The van der Waals surface area contributed by atoms with E-state index in [1.807, 2.05) is 11.8 Å². The van der Waals surface area contributed by atoms with Crippen LogP contribution >= 0.6 is 11.8 Å². The number of thioether (sulfide) groups is 1. The molecule has 0 aromatic heterocycles. The van der Waals surface area contributed by atoms with Gasteiger partial charge in [0.05, 0.1) is 13.5 Å². The third kappa shape index (κ3) is 2.19. The van der Waals surface area contributed by atoms with Crippen molar-refractivity contribution in [1.29, 1.82) is 0 Å². The molecule has 1 heterocycles. The Morgan fingerprint density at radius 1 is 1.90 bits per heavy atom. The number of carbonyl (C=O) groups is 1. The number of rotatable bonds is 2. The predicted molar refractivity (Wildman–Crippen MR) is 40.9 cm³/mol. The number of hydrogen-bond donors (Lipinski definition) is 1. The number of esters is 1. The molecule has 3 nitrogen and oxygen atoms in total. The van der Waals surface area contributed by atoms with Crippen molar-refractivity contribution in [2.75, 3.05) is 18.7 Å². The summed E-state index contributed by atoms with van der Waals surface area (Å²) in [6.07, 6.45) is 0.503. The summed E-state index contributed by atoms with van der Waals surface area (Å²) in [4.78, 5) is 10.7. The van der Waals surface area contributed by atoms with Gasteiger partial charge >= 0.3 is 5.97 Å². The zero-order valence-corrected chi connectivity index (χ0v) is 6.74. The largest absolute Gasteiger partial charge is 0.469 e. The smallest absolute Gasteiger partial charge is 0.307 e. The summed E-state index contributed by atoms with van der Waals surface area (Å²) in [5.74, 6) is 1.86. The summed E-state index contributed by atoms with van der Waals surface area (Å²) in [6, 6.07) is 0.331. The number of methoxy groups -OCH3 is 1. The zero-order chi connectivity index (χ0) is 7.40. The predicted octanol–water partition coefficient (Wildman–Crippen LogP) is 0.212. The van der Waals surface area contributed by atoms with Crippen LogP contribution in [0.25, 0.3) is 0 Å². The van der Waals surface area contributed by atoms with Crippen molar-refractivity contribution in [3.8, 4) is 0 Å². The second kappa shape index (κ2) is 3.83. The topological polar surface area (TPSA) is 38.3 Å². The highest BCUT2D eigenvalue weighted by Gasteiger charge is 2.17. The van der Waals surface area contributed by atoms with Crippen LogP contribution in [0, 0.1) is 0 Å². The summed E-state index contributed by atoms with van der Waals surface area (Å²) in [5.41, 5.74) is 0. The number of carbonyl (C=O) groups excluding carboxylic acids is 1. The second-order valence-corrected chi connectivity index (χ2v) is 3.23. The molecule has 1 saturated heterocycles. The van der Waals surface area contributed by atoms with E-state index in [4.69, 9.17) is 0 Å². The fraction of sp³-hybridized carbons (Fsp3) is 0.833. The molecule has 1 N–H and O–H groups in total. The van der Waals surface area contributed by atoms with Crippen LogP contribution < -0.4 is 5.32 Å². The lowest BCUT2D eigenvalue weighted by atomic mass is 10.2. The molecule has 0 bridgehead atoms. The van der Waals surface area contributed by atoms with Gasteiger partial charge in [-0.1, -0.05) is 0 Å². The van der Waals surface area contributed by atoms with E-state index in [0.717, 1.165) is 11.6 Å². The molecule has 4 heteroatoms. The van der Waals surface area contributed by atoms with Crippen molar-refractivity contribution in [2.45, 2.75) is 12.5 Å². The first-order valence-corrected chi connectivity index (χ1v) is 4.36. The minimum Gasteiger partial charge on any atom is -0.469 e. The minimum absolute atomic E-state index is 0.125.